The van der Waals surface area contributed by atoms with Crippen molar-refractivity contribution in [2.45, 2.75) is 13.5 Å². The summed E-state index contributed by atoms with van der Waals surface area (Å²) in [7, 11) is 0. The van der Waals surface area contributed by atoms with Crippen molar-refractivity contribution in [3.05, 3.63) is 69.9 Å². The molecule has 1 aromatic heterocycles. The maximum atomic E-state index is 12.9. The maximum absolute atomic E-state index is 12.9. The van der Waals surface area contributed by atoms with E-state index in [-0.39, 0.29) is 35.6 Å². The van der Waals surface area contributed by atoms with Crippen LogP contribution in [0.4, 0.5) is 10.1 Å². The van der Waals surface area contributed by atoms with E-state index in [0.29, 0.717) is 5.56 Å². The average molecular weight is 329 g/mol. The number of nitro benzene ring substituents is 1. The number of ether oxygens (including phenoxy) is 1. The van der Waals surface area contributed by atoms with E-state index in [1.807, 2.05) is 0 Å². The summed E-state index contributed by atoms with van der Waals surface area (Å²) in [5, 5.41) is 18.7. The Bertz CT molecular complexity index is 877. The van der Waals surface area contributed by atoms with Gasteiger partial charge in [0.05, 0.1) is 4.92 Å². The minimum atomic E-state index is -0.514. The quantitative estimate of drug-likeness (QED) is 0.524. The summed E-state index contributed by atoms with van der Waals surface area (Å²) in [5.41, 5.74) is 1.19. The van der Waals surface area contributed by atoms with Crippen molar-refractivity contribution in [3.63, 3.8) is 0 Å². The first-order valence-corrected chi connectivity index (χ1v) is 6.99. The molecule has 0 aliphatic heterocycles. The summed E-state index contributed by atoms with van der Waals surface area (Å²) in [6.45, 7) is 1.64. The number of rotatable bonds is 5. The molecule has 2 aromatic carbocycles. The molecule has 3 rings (SSSR count). The van der Waals surface area contributed by atoms with E-state index in [0.717, 1.165) is 5.56 Å². The lowest BCUT2D eigenvalue weighted by molar-refractivity contribution is -0.386. The van der Waals surface area contributed by atoms with E-state index in [2.05, 4.69) is 10.2 Å². The first kappa shape index (κ1) is 15.6. The van der Waals surface area contributed by atoms with Crippen molar-refractivity contribution in [2.24, 2.45) is 0 Å². The minimum Gasteiger partial charge on any atom is -0.477 e. The Morgan fingerprint density at radius 1 is 1.21 bits per heavy atom. The van der Waals surface area contributed by atoms with Gasteiger partial charge in [0.1, 0.15) is 5.82 Å². The maximum Gasteiger partial charge on any atom is 0.311 e. The molecule has 0 saturated heterocycles. The third-order valence-electron chi connectivity index (χ3n) is 3.22. The molecule has 0 saturated carbocycles. The van der Waals surface area contributed by atoms with Gasteiger partial charge in [-0.1, -0.05) is 6.07 Å². The minimum absolute atomic E-state index is 0.113. The molecule has 3 aromatic rings. The molecule has 0 amide bonds. The van der Waals surface area contributed by atoms with Gasteiger partial charge in [0.15, 0.2) is 12.4 Å². The number of aromatic nitrogens is 2. The van der Waals surface area contributed by atoms with Gasteiger partial charge in [-0.3, -0.25) is 10.1 Å². The van der Waals surface area contributed by atoms with Crippen LogP contribution in [0, 0.1) is 22.9 Å². The summed E-state index contributed by atoms with van der Waals surface area (Å²) in [6.07, 6.45) is 0. The largest absolute Gasteiger partial charge is 0.477 e. The van der Waals surface area contributed by atoms with Crippen LogP contribution in [-0.2, 0) is 6.61 Å². The van der Waals surface area contributed by atoms with Gasteiger partial charge in [0, 0.05) is 11.6 Å². The highest BCUT2D eigenvalue weighted by Gasteiger charge is 2.16. The molecule has 0 bridgehead atoms. The number of nitrogens with zero attached hydrogens (tertiary/aromatic N) is 3. The molecule has 0 unspecified atom stereocenters. The van der Waals surface area contributed by atoms with Crippen LogP contribution in [0.3, 0.4) is 0 Å². The van der Waals surface area contributed by atoms with Crippen LogP contribution >= 0.6 is 0 Å². The van der Waals surface area contributed by atoms with Crippen molar-refractivity contribution in [2.75, 3.05) is 0 Å². The second-order valence-corrected chi connectivity index (χ2v) is 5.02. The van der Waals surface area contributed by atoms with Crippen molar-refractivity contribution >= 4 is 5.69 Å². The normalized spacial score (nSPS) is 10.6. The summed E-state index contributed by atoms with van der Waals surface area (Å²) < 4.78 is 23.7. The lowest BCUT2D eigenvalue weighted by Crippen LogP contribution is -1.99. The van der Waals surface area contributed by atoms with Crippen LogP contribution in [0.2, 0.25) is 0 Å². The number of hydrogen-bond donors (Lipinski definition) is 0. The van der Waals surface area contributed by atoms with E-state index < -0.39 is 4.92 Å². The third-order valence-corrected chi connectivity index (χ3v) is 3.22. The number of aryl methyl sites for hydroxylation is 1. The van der Waals surface area contributed by atoms with Crippen LogP contribution in [-0.4, -0.2) is 15.1 Å². The highest BCUT2D eigenvalue weighted by atomic mass is 19.1. The molecular formula is C16H12FN3O4. The predicted molar refractivity (Wildman–Crippen MR) is 81.9 cm³/mol. The fraction of sp³-hybridized carbons (Fsp3) is 0.125. The second-order valence-electron chi connectivity index (χ2n) is 5.02. The number of benzene rings is 2. The van der Waals surface area contributed by atoms with Crippen LogP contribution in [0.1, 0.15) is 11.5 Å². The van der Waals surface area contributed by atoms with E-state index in [4.69, 9.17) is 9.15 Å². The lowest BCUT2D eigenvalue weighted by Gasteiger charge is -2.04. The molecule has 0 spiro atoms. The number of hydrogen-bond acceptors (Lipinski definition) is 6. The Balaban J connectivity index is 1.74. The molecular weight excluding hydrogens is 317 g/mol. The smallest absolute Gasteiger partial charge is 0.311 e. The summed E-state index contributed by atoms with van der Waals surface area (Å²) in [6, 6.07) is 10.2. The van der Waals surface area contributed by atoms with Crippen molar-refractivity contribution in [1.29, 1.82) is 0 Å². The van der Waals surface area contributed by atoms with Crippen LogP contribution in [0.15, 0.2) is 46.9 Å². The fourth-order valence-corrected chi connectivity index (χ4v) is 2.05. The summed E-state index contributed by atoms with van der Waals surface area (Å²) >= 11 is 0. The van der Waals surface area contributed by atoms with Gasteiger partial charge in [0.2, 0.25) is 5.89 Å². The molecule has 0 fully saturated rings. The first-order valence-electron chi connectivity index (χ1n) is 6.99. The van der Waals surface area contributed by atoms with Crippen molar-refractivity contribution < 1.29 is 18.5 Å². The van der Waals surface area contributed by atoms with Gasteiger partial charge in [-0.2, -0.15) is 0 Å². The van der Waals surface area contributed by atoms with E-state index >= 15 is 0 Å². The summed E-state index contributed by atoms with van der Waals surface area (Å²) in [4.78, 5) is 10.5. The average Bonchev–Trinajstić information content (AvgIpc) is 3.03. The van der Waals surface area contributed by atoms with Gasteiger partial charge in [-0.25, -0.2) is 4.39 Å². The molecule has 0 atom stereocenters. The van der Waals surface area contributed by atoms with E-state index in [1.54, 1.807) is 13.0 Å². The predicted octanol–water partition coefficient (Wildman–Crippen LogP) is 3.67. The van der Waals surface area contributed by atoms with Crippen LogP contribution in [0.5, 0.6) is 5.75 Å². The highest BCUT2D eigenvalue weighted by molar-refractivity contribution is 5.52. The molecule has 8 heteroatoms. The first-order chi connectivity index (χ1) is 11.5. The van der Waals surface area contributed by atoms with Gasteiger partial charge in [-0.15, -0.1) is 10.2 Å². The molecule has 0 aliphatic rings. The van der Waals surface area contributed by atoms with Crippen LogP contribution < -0.4 is 4.74 Å². The zero-order chi connectivity index (χ0) is 17.1. The number of halogens is 1. The lowest BCUT2D eigenvalue weighted by atomic mass is 10.2. The van der Waals surface area contributed by atoms with Gasteiger partial charge in [0.25, 0.3) is 5.89 Å². The molecule has 24 heavy (non-hydrogen) atoms. The number of nitro groups is 1. The van der Waals surface area contributed by atoms with E-state index in [9.17, 15) is 14.5 Å². The Kier molecular flexibility index (Phi) is 4.19. The van der Waals surface area contributed by atoms with Crippen molar-refractivity contribution in [3.8, 4) is 17.2 Å². The highest BCUT2D eigenvalue weighted by Crippen LogP contribution is 2.28. The molecule has 0 aliphatic carbocycles. The third kappa shape index (κ3) is 3.37. The van der Waals surface area contributed by atoms with E-state index in [1.165, 1.54) is 36.4 Å². The van der Waals surface area contributed by atoms with Crippen molar-refractivity contribution in [1.82, 2.24) is 10.2 Å². The summed E-state index contributed by atoms with van der Waals surface area (Å²) in [5.74, 6) is 0.122. The Hall–Kier alpha value is -3.29. The molecule has 7 nitrogen and oxygen atoms in total. The van der Waals surface area contributed by atoms with Gasteiger partial charge < -0.3 is 9.15 Å². The molecule has 122 valence electrons. The molecule has 0 radical (unpaired) electrons. The zero-order valence-corrected chi connectivity index (χ0v) is 12.6. The Labute approximate surface area is 135 Å². The van der Waals surface area contributed by atoms with Gasteiger partial charge in [-0.05, 0) is 42.8 Å². The standard InChI is InChI=1S/C16H12FN3O4/c1-10-2-7-14(13(8-10)20(21)22)23-9-15-18-19-16(24-15)11-3-5-12(17)6-4-11/h2-8H,9H2,1H3. The van der Waals surface area contributed by atoms with Crippen LogP contribution in [0.25, 0.3) is 11.5 Å². The monoisotopic (exact) mass is 329 g/mol. The SMILES string of the molecule is Cc1ccc(OCc2nnc(-c3ccc(F)cc3)o2)c([N+](=O)[O-])c1. The second kappa shape index (κ2) is 6.45. The van der Waals surface area contributed by atoms with Gasteiger partial charge >= 0.3 is 5.69 Å². The topological polar surface area (TPSA) is 91.3 Å². The Morgan fingerprint density at radius 2 is 1.96 bits per heavy atom. The Morgan fingerprint density at radius 3 is 2.67 bits per heavy atom. The molecule has 1 heterocycles. The molecule has 0 N–H and O–H groups in total. The zero-order valence-electron chi connectivity index (χ0n) is 12.6. The fourth-order valence-electron chi connectivity index (χ4n) is 2.05.